The van der Waals surface area contributed by atoms with Crippen molar-refractivity contribution in [3.05, 3.63) is 206 Å². The van der Waals surface area contributed by atoms with E-state index in [4.69, 9.17) is 8.83 Å². The van der Waals surface area contributed by atoms with E-state index in [9.17, 15) is 0 Å². The molecule has 3 aromatic heterocycles. The average Bonchev–Trinajstić information content (AvgIpc) is 3.97. The maximum atomic E-state index is 6.40. The largest absolute Gasteiger partial charge is 0.456 e. The third-order valence-corrected chi connectivity index (χ3v) is 11.6. The molecule has 0 radical (unpaired) electrons. The Bertz CT molecular complexity index is 3480. The standard InChI is InChI=1S/C54H34N2O2/c1-2-15-39(40-16-3-8-21-46(40)56-47-22-9-4-17-41(47)42-18-5-10-23-48(42)56)38(14-1)35-28-30-36(31-29-35)55(37-32-33-52-45(34-37)43-19-6-11-25-50(43)57-52)49-24-13-27-53-54(49)44-20-7-12-26-51(44)58-53/h1-34H. The quantitative estimate of drug-likeness (QED) is 0.170. The number of benzene rings is 9. The summed E-state index contributed by atoms with van der Waals surface area (Å²) in [6.45, 7) is 0. The third kappa shape index (κ3) is 4.95. The molecule has 0 saturated heterocycles. The first-order valence-corrected chi connectivity index (χ1v) is 19.7. The van der Waals surface area contributed by atoms with E-state index in [1.807, 2.05) is 24.3 Å². The molecule has 9 aromatic carbocycles. The average molecular weight is 743 g/mol. The zero-order valence-electron chi connectivity index (χ0n) is 31.3. The van der Waals surface area contributed by atoms with Gasteiger partial charge in [0.05, 0.1) is 27.8 Å². The molecule has 0 aliphatic rings. The van der Waals surface area contributed by atoms with E-state index in [2.05, 4.69) is 191 Å². The molecule has 3 heterocycles. The maximum Gasteiger partial charge on any atom is 0.137 e. The number of hydrogen-bond acceptors (Lipinski definition) is 3. The lowest BCUT2D eigenvalue weighted by Gasteiger charge is -2.26. The molecule has 4 nitrogen and oxygen atoms in total. The molecule has 0 saturated carbocycles. The number of aromatic nitrogens is 1. The maximum absolute atomic E-state index is 6.40. The van der Waals surface area contributed by atoms with E-state index < -0.39 is 0 Å². The summed E-state index contributed by atoms with van der Waals surface area (Å²) in [6, 6.07) is 73.3. The smallest absolute Gasteiger partial charge is 0.137 e. The number of furan rings is 2. The van der Waals surface area contributed by atoms with Gasteiger partial charge in [0.2, 0.25) is 0 Å². The van der Waals surface area contributed by atoms with Gasteiger partial charge in [-0.25, -0.2) is 0 Å². The molecule has 0 unspecified atom stereocenters. The molecule has 12 aromatic rings. The van der Waals surface area contributed by atoms with Crippen LogP contribution in [-0.2, 0) is 0 Å². The predicted molar refractivity (Wildman–Crippen MR) is 241 cm³/mol. The van der Waals surface area contributed by atoms with Gasteiger partial charge in [-0.15, -0.1) is 0 Å². The first-order valence-electron chi connectivity index (χ1n) is 19.7. The highest BCUT2D eigenvalue weighted by molar-refractivity contribution is 6.14. The van der Waals surface area contributed by atoms with E-state index in [0.717, 1.165) is 72.2 Å². The fourth-order valence-corrected chi connectivity index (χ4v) is 9.06. The molecule has 272 valence electrons. The number of anilines is 3. The van der Waals surface area contributed by atoms with Crippen molar-refractivity contribution in [2.45, 2.75) is 0 Å². The topological polar surface area (TPSA) is 34.5 Å². The zero-order valence-corrected chi connectivity index (χ0v) is 31.3. The Morgan fingerprint density at radius 1 is 0.345 bits per heavy atom. The van der Waals surface area contributed by atoms with Crippen LogP contribution in [0.2, 0.25) is 0 Å². The Morgan fingerprint density at radius 2 is 0.879 bits per heavy atom. The van der Waals surface area contributed by atoms with Crippen LogP contribution in [0, 0.1) is 0 Å². The molecule has 12 rings (SSSR count). The van der Waals surface area contributed by atoms with Crippen molar-refractivity contribution in [1.29, 1.82) is 0 Å². The Morgan fingerprint density at radius 3 is 1.64 bits per heavy atom. The van der Waals surface area contributed by atoms with Crippen molar-refractivity contribution in [2.24, 2.45) is 0 Å². The van der Waals surface area contributed by atoms with Crippen molar-refractivity contribution in [2.75, 3.05) is 4.90 Å². The minimum atomic E-state index is 0.853. The van der Waals surface area contributed by atoms with E-state index in [-0.39, 0.29) is 0 Å². The molecule has 4 heteroatoms. The Labute approximate surface area is 334 Å². The third-order valence-electron chi connectivity index (χ3n) is 11.6. The van der Waals surface area contributed by atoms with Crippen LogP contribution in [0.25, 0.3) is 93.6 Å². The molecule has 0 aliphatic heterocycles. The number of hydrogen-bond donors (Lipinski definition) is 0. The fourth-order valence-electron chi connectivity index (χ4n) is 9.06. The van der Waals surface area contributed by atoms with Gasteiger partial charge in [-0.1, -0.05) is 133 Å². The summed E-state index contributed by atoms with van der Waals surface area (Å²) in [6.07, 6.45) is 0. The van der Waals surface area contributed by atoms with E-state index in [0.29, 0.717) is 0 Å². The van der Waals surface area contributed by atoms with Crippen LogP contribution < -0.4 is 4.90 Å². The Hall–Kier alpha value is -7.82. The lowest BCUT2D eigenvalue weighted by Crippen LogP contribution is -2.10. The van der Waals surface area contributed by atoms with Crippen LogP contribution in [0.4, 0.5) is 17.1 Å². The molecule has 0 fully saturated rings. The Kier molecular flexibility index (Phi) is 7.20. The number of rotatable bonds is 6. The number of nitrogens with zero attached hydrogens (tertiary/aromatic N) is 2. The fraction of sp³-hybridized carbons (Fsp3) is 0. The van der Waals surface area contributed by atoms with Gasteiger partial charge < -0.3 is 18.3 Å². The summed E-state index contributed by atoms with van der Waals surface area (Å²) >= 11 is 0. The highest BCUT2D eigenvalue weighted by Gasteiger charge is 2.22. The molecular formula is C54H34N2O2. The molecule has 0 bridgehead atoms. The molecule has 0 spiro atoms. The second-order valence-corrected chi connectivity index (χ2v) is 14.8. The van der Waals surface area contributed by atoms with Gasteiger partial charge in [0.25, 0.3) is 0 Å². The van der Waals surface area contributed by atoms with E-state index in [1.165, 1.54) is 38.5 Å². The molecule has 0 N–H and O–H groups in total. The molecule has 0 atom stereocenters. The van der Waals surface area contributed by atoms with Crippen LogP contribution >= 0.6 is 0 Å². The second kappa shape index (κ2) is 12.9. The van der Waals surface area contributed by atoms with Crippen LogP contribution in [0.15, 0.2) is 215 Å². The normalized spacial score (nSPS) is 11.8. The van der Waals surface area contributed by atoms with Gasteiger partial charge in [-0.3, -0.25) is 0 Å². The van der Waals surface area contributed by atoms with E-state index >= 15 is 0 Å². The highest BCUT2D eigenvalue weighted by atomic mass is 16.3. The molecule has 0 aliphatic carbocycles. The summed E-state index contributed by atoms with van der Waals surface area (Å²) in [7, 11) is 0. The lowest BCUT2D eigenvalue weighted by atomic mass is 9.93. The van der Waals surface area contributed by atoms with Crippen molar-refractivity contribution in [1.82, 2.24) is 4.57 Å². The van der Waals surface area contributed by atoms with Crippen LogP contribution in [-0.4, -0.2) is 4.57 Å². The van der Waals surface area contributed by atoms with Crippen molar-refractivity contribution < 1.29 is 8.83 Å². The summed E-state index contributed by atoms with van der Waals surface area (Å²) < 4.78 is 15.1. The summed E-state index contributed by atoms with van der Waals surface area (Å²) in [5.41, 5.74) is 14.8. The van der Waals surface area contributed by atoms with Crippen LogP contribution in [0.3, 0.4) is 0 Å². The van der Waals surface area contributed by atoms with Crippen LogP contribution in [0.1, 0.15) is 0 Å². The molecular weight excluding hydrogens is 709 g/mol. The van der Waals surface area contributed by atoms with Gasteiger partial charge in [0.1, 0.15) is 22.3 Å². The number of fused-ring (bicyclic) bond motifs is 9. The van der Waals surface area contributed by atoms with Crippen molar-refractivity contribution in [3.63, 3.8) is 0 Å². The minimum Gasteiger partial charge on any atom is -0.456 e. The lowest BCUT2D eigenvalue weighted by molar-refractivity contribution is 0.668. The zero-order chi connectivity index (χ0) is 38.2. The van der Waals surface area contributed by atoms with Crippen molar-refractivity contribution >= 4 is 82.7 Å². The highest BCUT2D eigenvalue weighted by Crippen LogP contribution is 2.45. The molecule has 58 heavy (non-hydrogen) atoms. The van der Waals surface area contributed by atoms with Crippen molar-refractivity contribution in [3.8, 4) is 27.9 Å². The van der Waals surface area contributed by atoms with Gasteiger partial charge >= 0.3 is 0 Å². The minimum absolute atomic E-state index is 0.853. The SMILES string of the molecule is c1ccc(-c2ccccc2-n2c3ccccc3c3ccccc32)c(-c2ccc(N(c3ccc4oc5ccccc5c4c3)c3cccc4oc5ccccc5c34)cc2)c1. The monoisotopic (exact) mass is 742 g/mol. The summed E-state index contributed by atoms with van der Waals surface area (Å²) in [5.74, 6) is 0. The number of para-hydroxylation sites is 5. The first-order chi connectivity index (χ1) is 28.8. The second-order valence-electron chi connectivity index (χ2n) is 14.8. The van der Waals surface area contributed by atoms with E-state index in [1.54, 1.807) is 0 Å². The van der Waals surface area contributed by atoms with Gasteiger partial charge in [0.15, 0.2) is 0 Å². The Balaban J connectivity index is 1.03. The predicted octanol–water partition coefficient (Wildman–Crippen LogP) is 15.4. The first kappa shape index (κ1) is 32.4. The summed E-state index contributed by atoms with van der Waals surface area (Å²) in [4.78, 5) is 2.35. The van der Waals surface area contributed by atoms with Crippen LogP contribution in [0.5, 0.6) is 0 Å². The van der Waals surface area contributed by atoms with Gasteiger partial charge in [-0.2, -0.15) is 0 Å². The summed E-state index contributed by atoms with van der Waals surface area (Å²) in [5, 5.41) is 6.84. The van der Waals surface area contributed by atoms with Gasteiger partial charge in [-0.05, 0) is 89.5 Å². The molecule has 0 amide bonds. The van der Waals surface area contributed by atoms with Gasteiger partial charge in [0, 0.05) is 43.9 Å².